The van der Waals surface area contributed by atoms with Crippen molar-refractivity contribution >= 4 is 35.6 Å². The van der Waals surface area contributed by atoms with Crippen LogP contribution in [0, 0.1) is 6.92 Å². The van der Waals surface area contributed by atoms with E-state index >= 15 is 0 Å². The number of aromatic nitrogens is 2. The first kappa shape index (κ1) is 33.2. The summed E-state index contributed by atoms with van der Waals surface area (Å²) in [6, 6.07) is 5.55. The summed E-state index contributed by atoms with van der Waals surface area (Å²) in [6.45, 7) is 1.91. The second-order valence-corrected chi connectivity index (χ2v) is 7.10. The van der Waals surface area contributed by atoms with Crippen LogP contribution in [0.15, 0.2) is 36.3 Å². The highest BCUT2D eigenvalue weighted by Gasteiger charge is 2.38. The molecule has 0 unspecified atom stereocenters. The van der Waals surface area contributed by atoms with Crippen LogP contribution in [0.25, 0.3) is 11.8 Å². The van der Waals surface area contributed by atoms with Crippen molar-refractivity contribution in [3.05, 3.63) is 47.6 Å². The smallest absolute Gasteiger partial charge is 0.490 e. The molecule has 0 saturated carbocycles. The maximum atomic E-state index is 11.3. The summed E-state index contributed by atoms with van der Waals surface area (Å²) in [4.78, 5) is 33.3. The first-order chi connectivity index (χ1) is 16.9. The van der Waals surface area contributed by atoms with Gasteiger partial charge in [-0.15, -0.1) is 11.6 Å². The van der Waals surface area contributed by atoms with Crippen molar-refractivity contribution in [3.63, 3.8) is 0 Å². The number of halogens is 7. The molecule has 206 valence electrons. The molecule has 0 aliphatic heterocycles. The van der Waals surface area contributed by atoms with E-state index in [1.54, 1.807) is 19.5 Å². The van der Waals surface area contributed by atoms with Crippen LogP contribution in [-0.4, -0.2) is 68.1 Å². The van der Waals surface area contributed by atoms with Gasteiger partial charge in [-0.25, -0.2) is 19.4 Å². The number of carbonyl (C=O) groups is 3. The first-order valence-electron chi connectivity index (χ1n) is 9.73. The third kappa shape index (κ3) is 12.7. The van der Waals surface area contributed by atoms with Crippen LogP contribution in [0.1, 0.15) is 24.1 Å². The third-order valence-electron chi connectivity index (χ3n) is 3.87. The van der Waals surface area contributed by atoms with Gasteiger partial charge in [-0.2, -0.15) is 26.3 Å². The average molecular weight is 563 g/mol. The van der Waals surface area contributed by atoms with Gasteiger partial charge in [0, 0.05) is 17.6 Å². The van der Waals surface area contributed by atoms with E-state index in [4.69, 9.17) is 36.1 Å². The standard InChI is InChI=1S/C17H19ClN2O3.2C2HF3O2/c1-12-10-20(11-19-12)15-6-5-13(9-16(15)23-2)8-14(17(21)22)4-3-7-18;2*3-2(4,5)1(6)7/h5-6,8-11H,3-4,7H2,1-2H3,(H,21,22);2*(H,6,7)/b14-8+;;. The fraction of sp³-hybridized carbons (Fsp3) is 0.333. The van der Waals surface area contributed by atoms with E-state index in [1.807, 2.05) is 35.9 Å². The Labute approximate surface area is 210 Å². The van der Waals surface area contributed by atoms with Gasteiger partial charge in [0.05, 0.1) is 24.8 Å². The maximum Gasteiger partial charge on any atom is 0.490 e. The first-order valence-corrected chi connectivity index (χ1v) is 10.3. The summed E-state index contributed by atoms with van der Waals surface area (Å²) < 4.78 is 70.8. The van der Waals surface area contributed by atoms with Gasteiger partial charge in [0.25, 0.3) is 0 Å². The van der Waals surface area contributed by atoms with Gasteiger partial charge in [0.1, 0.15) is 5.75 Å². The average Bonchev–Trinajstić information content (AvgIpc) is 3.21. The Hall–Kier alpha value is -3.75. The molecule has 0 fully saturated rings. The zero-order valence-electron chi connectivity index (χ0n) is 19.1. The molecule has 0 aliphatic rings. The van der Waals surface area contributed by atoms with E-state index in [0.717, 1.165) is 16.9 Å². The van der Waals surface area contributed by atoms with E-state index in [0.29, 0.717) is 30.0 Å². The molecule has 1 heterocycles. The molecule has 0 aliphatic carbocycles. The van der Waals surface area contributed by atoms with Crippen LogP contribution in [0.4, 0.5) is 26.3 Å². The summed E-state index contributed by atoms with van der Waals surface area (Å²) in [5.41, 5.74) is 2.86. The second kappa shape index (κ2) is 14.7. The molecule has 0 spiro atoms. The van der Waals surface area contributed by atoms with Crippen molar-refractivity contribution < 1.29 is 60.8 Å². The topological polar surface area (TPSA) is 139 Å². The van der Waals surface area contributed by atoms with Crippen LogP contribution in [0.5, 0.6) is 5.75 Å². The lowest BCUT2D eigenvalue weighted by atomic mass is 10.1. The summed E-state index contributed by atoms with van der Waals surface area (Å²) >= 11 is 5.64. The Morgan fingerprint density at radius 2 is 1.57 bits per heavy atom. The van der Waals surface area contributed by atoms with E-state index in [1.165, 1.54) is 0 Å². The number of hydrogen-bond acceptors (Lipinski definition) is 5. The summed E-state index contributed by atoms with van der Waals surface area (Å²) in [7, 11) is 1.59. The quantitative estimate of drug-likeness (QED) is 0.245. The highest BCUT2D eigenvalue weighted by Crippen LogP contribution is 2.26. The van der Waals surface area contributed by atoms with Crippen LogP contribution in [-0.2, 0) is 14.4 Å². The molecule has 0 atom stereocenters. The number of hydrogen-bond donors (Lipinski definition) is 3. The highest BCUT2D eigenvalue weighted by molar-refractivity contribution is 6.17. The zero-order chi connectivity index (χ0) is 29.0. The van der Waals surface area contributed by atoms with Gasteiger partial charge in [0.2, 0.25) is 0 Å². The van der Waals surface area contributed by atoms with Gasteiger partial charge in [-0.3, -0.25) is 0 Å². The van der Waals surface area contributed by atoms with Gasteiger partial charge in [0.15, 0.2) is 0 Å². The SMILES string of the molecule is COc1cc(/C=C(\CCCCl)C(=O)O)ccc1-n1cnc(C)c1.O=C(O)C(F)(F)F.O=C(O)C(F)(F)F. The minimum Gasteiger partial charge on any atom is -0.495 e. The Morgan fingerprint density at radius 3 is 1.92 bits per heavy atom. The second-order valence-electron chi connectivity index (χ2n) is 6.73. The molecular weight excluding hydrogens is 542 g/mol. The van der Waals surface area contributed by atoms with Crippen molar-refractivity contribution in [1.82, 2.24) is 9.55 Å². The van der Waals surface area contributed by atoms with Crippen molar-refractivity contribution in [2.75, 3.05) is 13.0 Å². The van der Waals surface area contributed by atoms with Gasteiger partial charge >= 0.3 is 30.3 Å². The highest BCUT2D eigenvalue weighted by atomic mass is 35.5. The molecule has 0 radical (unpaired) electrons. The number of benzene rings is 1. The van der Waals surface area contributed by atoms with Crippen molar-refractivity contribution in [1.29, 1.82) is 0 Å². The van der Waals surface area contributed by atoms with Gasteiger partial charge < -0.3 is 24.6 Å². The van der Waals surface area contributed by atoms with Gasteiger partial charge in [-0.1, -0.05) is 6.07 Å². The predicted octanol–water partition coefficient (Wildman–Crippen LogP) is 4.94. The number of ether oxygens (including phenoxy) is 1. The minimum absolute atomic E-state index is 0.332. The molecule has 0 amide bonds. The van der Waals surface area contributed by atoms with Crippen molar-refractivity contribution in [3.8, 4) is 11.4 Å². The summed E-state index contributed by atoms with van der Waals surface area (Å²) in [5.74, 6) is -5.35. The van der Waals surface area contributed by atoms with Crippen LogP contribution in [0.2, 0.25) is 0 Å². The molecule has 1 aromatic heterocycles. The van der Waals surface area contributed by atoms with Crippen molar-refractivity contribution in [2.24, 2.45) is 0 Å². The lowest BCUT2D eigenvalue weighted by Crippen LogP contribution is -2.21. The molecule has 2 aromatic rings. The maximum absolute atomic E-state index is 11.3. The number of aliphatic carboxylic acids is 3. The van der Waals surface area contributed by atoms with E-state index in [-0.39, 0.29) is 0 Å². The van der Waals surface area contributed by atoms with Crippen LogP contribution >= 0.6 is 11.6 Å². The fourth-order valence-corrected chi connectivity index (χ4v) is 2.38. The van der Waals surface area contributed by atoms with Crippen LogP contribution < -0.4 is 4.74 Å². The predicted molar refractivity (Wildman–Crippen MR) is 118 cm³/mol. The number of nitrogens with zero attached hydrogens (tertiary/aromatic N) is 2. The van der Waals surface area contributed by atoms with Crippen molar-refractivity contribution in [2.45, 2.75) is 32.1 Å². The molecule has 1 aromatic carbocycles. The number of carboxylic acid groups (broad SMARTS) is 3. The number of methoxy groups -OCH3 is 1. The number of aryl methyl sites for hydroxylation is 1. The third-order valence-corrected chi connectivity index (χ3v) is 4.14. The molecule has 9 nitrogen and oxygen atoms in total. The largest absolute Gasteiger partial charge is 0.495 e. The number of carboxylic acids is 3. The Balaban J connectivity index is 0.000000761. The van der Waals surface area contributed by atoms with Crippen LogP contribution in [0.3, 0.4) is 0 Å². The normalized spacial score (nSPS) is 11.4. The lowest BCUT2D eigenvalue weighted by Gasteiger charge is -2.10. The van der Waals surface area contributed by atoms with E-state index in [9.17, 15) is 36.2 Å². The lowest BCUT2D eigenvalue weighted by molar-refractivity contribution is -0.193. The summed E-state index contributed by atoms with van der Waals surface area (Å²) in [6.07, 6.45) is -3.84. The summed E-state index contributed by atoms with van der Waals surface area (Å²) in [5, 5.41) is 23.5. The van der Waals surface area contributed by atoms with E-state index < -0.39 is 30.3 Å². The molecule has 2 rings (SSSR count). The monoisotopic (exact) mass is 562 g/mol. The number of imidazole rings is 1. The molecule has 3 N–H and O–H groups in total. The molecule has 0 bridgehead atoms. The molecular formula is C21H21ClF6N2O7. The number of alkyl halides is 7. The van der Waals surface area contributed by atoms with E-state index in [2.05, 4.69) is 4.98 Å². The Kier molecular flexibility index (Phi) is 13.2. The van der Waals surface area contributed by atoms with Gasteiger partial charge in [-0.05, 0) is 43.5 Å². The fourth-order valence-electron chi connectivity index (χ4n) is 2.25. The minimum atomic E-state index is -5.08. The number of rotatable bonds is 7. The molecule has 0 saturated heterocycles. The molecule has 37 heavy (non-hydrogen) atoms. The Bertz CT molecular complexity index is 1070. The Morgan fingerprint density at radius 1 is 1.05 bits per heavy atom. The molecule has 16 heteroatoms. The zero-order valence-corrected chi connectivity index (χ0v) is 19.9.